The van der Waals surface area contributed by atoms with Crippen LogP contribution in [-0.4, -0.2) is 5.11 Å². The second-order valence-electron chi connectivity index (χ2n) is 4.88. The summed E-state index contributed by atoms with van der Waals surface area (Å²) < 4.78 is 5.80. The molecule has 3 aromatic rings. The van der Waals surface area contributed by atoms with Gasteiger partial charge in [0.05, 0.1) is 0 Å². The zero-order valence-corrected chi connectivity index (χ0v) is 12.5. The zero-order chi connectivity index (χ0) is 14.7. The largest absolute Gasteiger partial charge is 0.457 e. The van der Waals surface area contributed by atoms with Crippen molar-refractivity contribution in [1.29, 1.82) is 0 Å². The minimum atomic E-state index is -0.616. The summed E-state index contributed by atoms with van der Waals surface area (Å²) in [4.78, 5) is 1.20. The molecule has 1 atom stereocenters. The van der Waals surface area contributed by atoms with Crippen LogP contribution in [0.2, 0.25) is 0 Å². The zero-order valence-electron chi connectivity index (χ0n) is 11.7. The van der Waals surface area contributed by atoms with E-state index in [9.17, 15) is 5.11 Å². The highest BCUT2D eigenvalue weighted by molar-refractivity contribution is 7.10. The van der Waals surface area contributed by atoms with Gasteiger partial charge in [0.25, 0.3) is 0 Å². The van der Waals surface area contributed by atoms with Crippen molar-refractivity contribution in [3.63, 3.8) is 0 Å². The van der Waals surface area contributed by atoms with Crippen molar-refractivity contribution in [2.24, 2.45) is 0 Å². The van der Waals surface area contributed by atoms with Crippen molar-refractivity contribution in [2.45, 2.75) is 13.0 Å². The first-order chi connectivity index (χ1) is 10.2. The van der Waals surface area contributed by atoms with Gasteiger partial charge in [-0.25, -0.2) is 0 Å². The third-order valence-corrected chi connectivity index (χ3v) is 4.10. The fourth-order valence-electron chi connectivity index (χ4n) is 2.17. The highest BCUT2D eigenvalue weighted by atomic mass is 32.1. The third kappa shape index (κ3) is 3.32. The van der Waals surface area contributed by atoms with Gasteiger partial charge in [-0.3, -0.25) is 0 Å². The van der Waals surface area contributed by atoms with E-state index < -0.39 is 6.10 Å². The van der Waals surface area contributed by atoms with Crippen LogP contribution < -0.4 is 4.74 Å². The molecule has 3 rings (SSSR count). The van der Waals surface area contributed by atoms with Gasteiger partial charge in [-0.1, -0.05) is 30.3 Å². The van der Waals surface area contributed by atoms with Crippen LogP contribution in [-0.2, 0) is 0 Å². The van der Waals surface area contributed by atoms with Gasteiger partial charge in [0.2, 0.25) is 0 Å². The van der Waals surface area contributed by atoms with Crippen molar-refractivity contribution in [3.8, 4) is 11.5 Å². The van der Waals surface area contributed by atoms with Crippen LogP contribution in [0.25, 0.3) is 0 Å². The van der Waals surface area contributed by atoms with Crippen LogP contribution in [0, 0.1) is 6.92 Å². The molecule has 0 radical (unpaired) electrons. The first kappa shape index (κ1) is 13.9. The van der Waals surface area contributed by atoms with E-state index in [2.05, 4.69) is 0 Å². The Morgan fingerprint density at radius 1 is 0.905 bits per heavy atom. The first-order valence-corrected chi connectivity index (χ1v) is 7.66. The fourth-order valence-corrected chi connectivity index (χ4v) is 2.90. The molecular weight excluding hydrogens is 280 g/mol. The molecule has 0 aliphatic carbocycles. The van der Waals surface area contributed by atoms with Gasteiger partial charge in [0, 0.05) is 4.88 Å². The molecule has 0 spiro atoms. The van der Waals surface area contributed by atoms with E-state index in [4.69, 9.17) is 4.74 Å². The highest BCUT2D eigenvalue weighted by Crippen LogP contribution is 2.29. The molecule has 0 fully saturated rings. The molecule has 3 heteroatoms. The lowest BCUT2D eigenvalue weighted by Gasteiger charge is -2.12. The molecule has 1 aromatic heterocycles. The van der Waals surface area contributed by atoms with Crippen LogP contribution in [0.5, 0.6) is 11.5 Å². The van der Waals surface area contributed by atoms with Gasteiger partial charge in [-0.2, -0.15) is 0 Å². The van der Waals surface area contributed by atoms with E-state index >= 15 is 0 Å². The molecule has 2 aromatic carbocycles. The summed E-state index contributed by atoms with van der Waals surface area (Å²) in [7, 11) is 0. The van der Waals surface area contributed by atoms with Crippen LogP contribution in [0.4, 0.5) is 0 Å². The minimum absolute atomic E-state index is 0.616. The Labute approximate surface area is 128 Å². The minimum Gasteiger partial charge on any atom is -0.457 e. The number of aliphatic hydroxyl groups is 1. The molecular formula is C18H16O2S. The number of hydrogen-bond acceptors (Lipinski definition) is 3. The molecule has 0 saturated carbocycles. The Balaban J connectivity index is 1.83. The average molecular weight is 296 g/mol. The van der Waals surface area contributed by atoms with E-state index in [1.54, 1.807) is 11.3 Å². The van der Waals surface area contributed by atoms with Gasteiger partial charge in [0.1, 0.15) is 17.6 Å². The second-order valence-corrected chi connectivity index (χ2v) is 6.00. The van der Waals surface area contributed by atoms with Crippen molar-refractivity contribution in [2.75, 3.05) is 0 Å². The van der Waals surface area contributed by atoms with E-state index in [1.165, 1.54) is 4.88 Å². The normalized spacial score (nSPS) is 12.1. The Morgan fingerprint density at radius 2 is 1.67 bits per heavy atom. The van der Waals surface area contributed by atoms with Gasteiger partial charge >= 0.3 is 0 Å². The molecule has 106 valence electrons. The van der Waals surface area contributed by atoms with Crippen molar-refractivity contribution in [1.82, 2.24) is 0 Å². The summed E-state index contributed by atoms with van der Waals surface area (Å²) in [6.45, 7) is 2.04. The summed E-state index contributed by atoms with van der Waals surface area (Å²) in [5.74, 6) is 1.51. The van der Waals surface area contributed by atoms with Crippen molar-refractivity contribution >= 4 is 11.3 Å². The summed E-state index contributed by atoms with van der Waals surface area (Å²) in [5, 5.41) is 12.4. The van der Waals surface area contributed by atoms with Crippen molar-refractivity contribution in [3.05, 3.63) is 82.0 Å². The summed E-state index contributed by atoms with van der Waals surface area (Å²) in [6, 6.07) is 19.2. The van der Waals surface area contributed by atoms with Crippen LogP contribution >= 0.6 is 11.3 Å². The Kier molecular flexibility index (Phi) is 4.04. The molecule has 0 saturated heterocycles. The molecule has 0 aliphatic rings. The Morgan fingerprint density at radius 3 is 2.38 bits per heavy atom. The molecule has 2 nitrogen and oxygen atoms in total. The quantitative estimate of drug-likeness (QED) is 0.739. The van der Waals surface area contributed by atoms with Crippen LogP contribution in [0.3, 0.4) is 0 Å². The third-order valence-electron chi connectivity index (χ3n) is 3.22. The van der Waals surface area contributed by atoms with E-state index in [-0.39, 0.29) is 0 Å². The van der Waals surface area contributed by atoms with Crippen molar-refractivity contribution < 1.29 is 9.84 Å². The van der Waals surface area contributed by atoms with Crippen LogP contribution in [0.1, 0.15) is 22.1 Å². The number of hydrogen-bond donors (Lipinski definition) is 1. The number of para-hydroxylation sites is 1. The smallest absolute Gasteiger partial charge is 0.127 e. The maximum absolute atomic E-state index is 10.4. The molecule has 0 amide bonds. The predicted octanol–water partition coefficient (Wildman–Crippen LogP) is 4.93. The Bertz CT molecular complexity index is 719. The molecule has 21 heavy (non-hydrogen) atoms. The maximum atomic E-state index is 10.4. The number of ether oxygens (including phenoxy) is 1. The second kappa shape index (κ2) is 6.12. The molecule has 0 aliphatic heterocycles. The van der Waals surface area contributed by atoms with Crippen LogP contribution in [0.15, 0.2) is 66.0 Å². The SMILES string of the molecule is Cc1cc(C(O)c2cccc(Oc3ccccc3)c2)cs1. The molecule has 1 N–H and O–H groups in total. The highest BCUT2D eigenvalue weighted by Gasteiger charge is 2.12. The molecule has 0 bridgehead atoms. The number of benzene rings is 2. The summed E-state index contributed by atoms with van der Waals surface area (Å²) in [6.07, 6.45) is -0.616. The summed E-state index contributed by atoms with van der Waals surface area (Å²) in [5.41, 5.74) is 1.76. The van der Waals surface area contributed by atoms with E-state index in [0.29, 0.717) is 0 Å². The van der Waals surface area contributed by atoms with E-state index in [0.717, 1.165) is 22.6 Å². The van der Waals surface area contributed by atoms with E-state index in [1.807, 2.05) is 73.0 Å². The number of aryl methyl sites for hydroxylation is 1. The topological polar surface area (TPSA) is 29.5 Å². The monoisotopic (exact) mass is 296 g/mol. The summed E-state index contributed by atoms with van der Waals surface area (Å²) >= 11 is 1.64. The lowest BCUT2D eigenvalue weighted by molar-refractivity contribution is 0.220. The van der Waals surface area contributed by atoms with Gasteiger partial charge in [0.15, 0.2) is 0 Å². The lowest BCUT2D eigenvalue weighted by Crippen LogP contribution is -1.98. The van der Waals surface area contributed by atoms with Gasteiger partial charge in [-0.15, -0.1) is 11.3 Å². The number of thiophene rings is 1. The first-order valence-electron chi connectivity index (χ1n) is 6.78. The standard InChI is InChI=1S/C18H16O2S/c1-13-10-15(12-21-13)18(19)14-6-5-9-17(11-14)20-16-7-3-2-4-8-16/h2-12,18-19H,1H3. The average Bonchev–Trinajstić information content (AvgIpc) is 2.94. The van der Waals surface area contributed by atoms with Gasteiger partial charge < -0.3 is 9.84 Å². The number of aliphatic hydroxyl groups excluding tert-OH is 1. The molecule has 1 unspecified atom stereocenters. The predicted molar refractivity (Wildman–Crippen MR) is 86.1 cm³/mol. The van der Waals surface area contributed by atoms with Gasteiger partial charge in [-0.05, 0) is 53.8 Å². The number of rotatable bonds is 4. The Hall–Kier alpha value is -2.10. The lowest BCUT2D eigenvalue weighted by atomic mass is 10.0. The molecule has 1 heterocycles. The maximum Gasteiger partial charge on any atom is 0.127 e. The fraction of sp³-hybridized carbons (Fsp3) is 0.111.